The number of nitrogens with zero attached hydrogens (tertiary/aromatic N) is 1. The Morgan fingerprint density at radius 3 is 2.54 bits per heavy atom. The van der Waals surface area contributed by atoms with Crippen molar-refractivity contribution >= 4 is 74.6 Å². The van der Waals surface area contributed by atoms with Gasteiger partial charge in [-0.25, -0.2) is 4.79 Å². The van der Waals surface area contributed by atoms with Crippen LogP contribution in [-0.4, -0.2) is 59.6 Å². The average Bonchev–Trinajstić information content (AvgIpc) is 3.44. The molecule has 0 spiro atoms. The normalized spacial score (nSPS) is 14.6. The van der Waals surface area contributed by atoms with Crippen LogP contribution in [0.25, 0.3) is 16.2 Å². The Morgan fingerprint density at radius 1 is 1.10 bits per heavy atom. The predicted molar refractivity (Wildman–Crippen MR) is 159 cm³/mol. The van der Waals surface area contributed by atoms with Gasteiger partial charge in [0.25, 0.3) is 0 Å². The molecule has 1 aliphatic rings. The molecule has 216 valence electrons. The number of carbonyl (C=O) groups excluding carboxylic acids is 3. The van der Waals surface area contributed by atoms with Crippen molar-refractivity contribution in [3.8, 4) is 0 Å². The van der Waals surface area contributed by atoms with E-state index >= 15 is 0 Å². The van der Waals surface area contributed by atoms with Crippen molar-refractivity contribution in [1.29, 1.82) is 0 Å². The lowest BCUT2D eigenvalue weighted by Crippen LogP contribution is -2.49. The standard InChI is InChI=1S/C29H29Cl2N3O6S/c30-25-19(14-20-10-13-41-27(20)26(25)31)6-7-23(35)34-11-8-22(9-12-34)33-28(38)21(15-24(36)37)16-32-29(39)40-17-18-4-2-1-3-5-18/h1-7,10,13-14,21-22H,8-9,11-12,15-17H2,(H,32,39)(H,33,38)(H,36,37)/b7-6+. The molecule has 12 heteroatoms. The molecule has 4 rings (SSSR count). The number of rotatable bonds is 10. The van der Waals surface area contributed by atoms with Crippen molar-refractivity contribution in [1.82, 2.24) is 15.5 Å². The van der Waals surface area contributed by atoms with Crippen LogP contribution in [0.4, 0.5) is 4.79 Å². The van der Waals surface area contributed by atoms with Crippen LogP contribution in [0.1, 0.15) is 30.4 Å². The molecule has 2 aromatic carbocycles. The van der Waals surface area contributed by atoms with Crippen LogP contribution in [0, 0.1) is 5.92 Å². The van der Waals surface area contributed by atoms with Crippen LogP contribution in [0.2, 0.25) is 10.0 Å². The van der Waals surface area contributed by atoms with Gasteiger partial charge in [-0.2, -0.15) is 0 Å². The van der Waals surface area contributed by atoms with Crippen LogP contribution >= 0.6 is 34.5 Å². The molecule has 1 aromatic heterocycles. The molecule has 1 aliphatic heterocycles. The van der Waals surface area contributed by atoms with Gasteiger partial charge in [-0.3, -0.25) is 14.4 Å². The van der Waals surface area contributed by atoms with E-state index in [0.717, 1.165) is 15.6 Å². The topological polar surface area (TPSA) is 125 Å². The smallest absolute Gasteiger partial charge is 0.407 e. The Bertz CT molecular complexity index is 1440. The van der Waals surface area contributed by atoms with E-state index in [2.05, 4.69) is 10.6 Å². The molecule has 3 amide bonds. The van der Waals surface area contributed by atoms with E-state index in [9.17, 15) is 24.3 Å². The third-order valence-electron chi connectivity index (χ3n) is 6.71. The van der Waals surface area contributed by atoms with Crippen molar-refractivity contribution in [3.05, 3.63) is 75.1 Å². The fourth-order valence-electron chi connectivity index (χ4n) is 4.47. The van der Waals surface area contributed by atoms with Crippen LogP contribution < -0.4 is 10.6 Å². The fourth-order valence-corrected chi connectivity index (χ4v) is 5.91. The van der Waals surface area contributed by atoms with Gasteiger partial charge in [0.1, 0.15) is 6.61 Å². The van der Waals surface area contributed by atoms with Crippen molar-refractivity contribution in [3.63, 3.8) is 0 Å². The Kier molecular flexibility index (Phi) is 10.6. The zero-order valence-electron chi connectivity index (χ0n) is 22.0. The van der Waals surface area contributed by atoms with Gasteiger partial charge in [-0.1, -0.05) is 53.5 Å². The van der Waals surface area contributed by atoms with Crippen LogP contribution in [-0.2, 0) is 25.7 Å². The number of carbonyl (C=O) groups is 4. The van der Waals surface area contributed by atoms with E-state index in [4.69, 9.17) is 27.9 Å². The summed E-state index contributed by atoms with van der Waals surface area (Å²) in [6.07, 6.45) is 2.93. The first-order valence-electron chi connectivity index (χ1n) is 13.0. The number of thiophene rings is 1. The molecule has 0 radical (unpaired) electrons. The molecular weight excluding hydrogens is 589 g/mol. The highest BCUT2D eigenvalue weighted by Gasteiger charge is 2.28. The summed E-state index contributed by atoms with van der Waals surface area (Å²) in [4.78, 5) is 50.8. The van der Waals surface area contributed by atoms with Gasteiger partial charge in [0.15, 0.2) is 0 Å². The summed E-state index contributed by atoms with van der Waals surface area (Å²) < 4.78 is 6.03. The second-order valence-electron chi connectivity index (χ2n) is 9.61. The van der Waals surface area contributed by atoms with Gasteiger partial charge in [0, 0.05) is 31.8 Å². The Hall–Kier alpha value is -3.60. The number of amides is 3. The number of aliphatic carboxylic acids is 1. The third kappa shape index (κ3) is 8.45. The highest BCUT2D eigenvalue weighted by atomic mass is 35.5. The van der Waals surface area contributed by atoms with Crippen molar-refractivity contribution in [2.45, 2.75) is 31.9 Å². The number of fused-ring (bicyclic) bond motifs is 1. The summed E-state index contributed by atoms with van der Waals surface area (Å²) >= 11 is 14.3. The van der Waals surface area contributed by atoms with E-state index in [1.807, 2.05) is 35.7 Å². The predicted octanol–water partition coefficient (Wildman–Crippen LogP) is 5.35. The molecule has 3 N–H and O–H groups in total. The van der Waals surface area contributed by atoms with Crippen molar-refractivity contribution < 1.29 is 29.0 Å². The first kappa shape index (κ1) is 30.4. The molecule has 0 aliphatic carbocycles. The van der Waals surface area contributed by atoms with Gasteiger partial charge in [0.05, 0.1) is 27.1 Å². The Morgan fingerprint density at radius 2 is 1.83 bits per heavy atom. The monoisotopic (exact) mass is 617 g/mol. The maximum atomic E-state index is 12.9. The highest BCUT2D eigenvalue weighted by Crippen LogP contribution is 2.37. The zero-order valence-corrected chi connectivity index (χ0v) is 24.3. The third-order valence-corrected chi connectivity index (χ3v) is 8.65. The SMILES string of the molecule is O=C(O)CC(CNC(=O)OCc1ccccc1)C(=O)NC1CCN(C(=O)/C=C/c2cc3ccsc3c(Cl)c2Cl)CC1. The van der Waals surface area contributed by atoms with Gasteiger partial charge in [-0.05, 0) is 52.9 Å². The first-order chi connectivity index (χ1) is 19.7. The lowest BCUT2D eigenvalue weighted by molar-refractivity contribution is -0.141. The first-order valence-corrected chi connectivity index (χ1v) is 14.6. The molecule has 41 heavy (non-hydrogen) atoms. The number of carboxylic acid groups (broad SMARTS) is 1. The minimum Gasteiger partial charge on any atom is -0.481 e. The summed E-state index contributed by atoms with van der Waals surface area (Å²) in [6, 6.07) is 12.7. The Balaban J connectivity index is 1.24. The summed E-state index contributed by atoms with van der Waals surface area (Å²) in [7, 11) is 0. The number of piperidine rings is 1. The molecule has 0 bridgehead atoms. The largest absolute Gasteiger partial charge is 0.481 e. The van der Waals surface area contributed by atoms with E-state index in [1.54, 1.807) is 23.1 Å². The number of nitrogens with one attached hydrogen (secondary N) is 2. The summed E-state index contributed by atoms with van der Waals surface area (Å²) in [5.41, 5.74) is 1.45. The molecule has 3 aromatic rings. The summed E-state index contributed by atoms with van der Waals surface area (Å²) in [5, 5.41) is 18.3. The number of carboxylic acids is 1. The average molecular weight is 619 g/mol. The number of hydrogen-bond acceptors (Lipinski definition) is 6. The molecule has 9 nitrogen and oxygen atoms in total. The van der Waals surface area contributed by atoms with Crippen LogP contribution in [0.5, 0.6) is 0 Å². The molecular formula is C29H29Cl2N3O6S. The number of alkyl carbamates (subject to hydrolysis) is 1. The summed E-state index contributed by atoms with van der Waals surface area (Å²) in [5.74, 6) is -2.79. The molecule has 1 saturated heterocycles. The van der Waals surface area contributed by atoms with Gasteiger partial charge < -0.3 is 25.4 Å². The number of benzene rings is 2. The lowest BCUT2D eigenvalue weighted by Gasteiger charge is -2.32. The maximum Gasteiger partial charge on any atom is 0.407 e. The van der Waals surface area contributed by atoms with Crippen molar-refractivity contribution in [2.75, 3.05) is 19.6 Å². The van der Waals surface area contributed by atoms with E-state index in [1.165, 1.54) is 17.4 Å². The fraction of sp³-hybridized carbons (Fsp3) is 0.310. The number of ether oxygens (including phenoxy) is 1. The number of hydrogen-bond donors (Lipinski definition) is 3. The molecule has 1 fully saturated rings. The maximum absolute atomic E-state index is 12.9. The molecule has 1 unspecified atom stereocenters. The Labute approximate surface area is 251 Å². The minimum absolute atomic E-state index is 0.0551. The number of halogens is 2. The van der Waals surface area contributed by atoms with E-state index in [0.29, 0.717) is 41.5 Å². The second-order valence-corrected chi connectivity index (χ2v) is 11.3. The highest BCUT2D eigenvalue weighted by molar-refractivity contribution is 7.18. The lowest BCUT2D eigenvalue weighted by atomic mass is 10.0. The molecule has 0 saturated carbocycles. The zero-order chi connectivity index (χ0) is 29.4. The molecule has 2 heterocycles. The number of likely N-dealkylation sites (tertiary alicyclic amines) is 1. The second kappa shape index (κ2) is 14.3. The van der Waals surface area contributed by atoms with Gasteiger partial charge in [0.2, 0.25) is 11.8 Å². The van der Waals surface area contributed by atoms with Crippen LogP contribution in [0.15, 0.2) is 53.9 Å². The van der Waals surface area contributed by atoms with E-state index < -0.39 is 30.3 Å². The van der Waals surface area contributed by atoms with Crippen LogP contribution in [0.3, 0.4) is 0 Å². The van der Waals surface area contributed by atoms with Gasteiger partial charge in [-0.15, -0.1) is 11.3 Å². The van der Waals surface area contributed by atoms with Crippen molar-refractivity contribution in [2.24, 2.45) is 5.92 Å². The van der Waals surface area contributed by atoms with E-state index in [-0.39, 0.29) is 25.1 Å². The summed E-state index contributed by atoms with van der Waals surface area (Å²) in [6.45, 7) is 0.705. The quantitative estimate of drug-likeness (QED) is 0.264. The minimum atomic E-state index is -1.16. The molecule has 1 atom stereocenters. The van der Waals surface area contributed by atoms with Gasteiger partial charge >= 0.3 is 12.1 Å².